The van der Waals surface area contributed by atoms with E-state index in [4.69, 9.17) is 16.0 Å². The van der Waals surface area contributed by atoms with Crippen molar-refractivity contribution in [2.24, 2.45) is 0 Å². The lowest BCUT2D eigenvalue weighted by molar-refractivity contribution is -0.137. The van der Waals surface area contributed by atoms with Crippen LogP contribution in [0.2, 0.25) is 0 Å². The van der Waals surface area contributed by atoms with Crippen molar-refractivity contribution in [1.82, 2.24) is 4.90 Å². The highest BCUT2D eigenvalue weighted by molar-refractivity contribution is 5.96. The minimum atomic E-state index is -0.952. The zero-order chi connectivity index (χ0) is 23.4. The van der Waals surface area contributed by atoms with E-state index >= 15 is 0 Å². The molecule has 0 unspecified atom stereocenters. The SMILES string of the molecule is [2H]C1(N(Cc2ccccc2OCCCCCC(=O)O)C(=O)c2ccc3c(c2)CC(=O)O3)CC1. The van der Waals surface area contributed by atoms with Gasteiger partial charge in [0.25, 0.3) is 5.91 Å². The van der Waals surface area contributed by atoms with Crippen molar-refractivity contribution in [2.75, 3.05) is 6.61 Å². The van der Waals surface area contributed by atoms with Crippen molar-refractivity contribution in [2.45, 2.75) is 57.5 Å². The molecule has 2 aromatic carbocycles. The average molecular weight is 438 g/mol. The van der Waals surface area contributed by atoms with Gasteiger partial charge >= 0.3 is 11.9 Å². The molecule has 32 heavy (non-hydrogen) atoms. The molecule has 1 saturated carbocycles. The number of nitrogens with zero attached hydrogens (tertiary/aromatic N) is 1. The van der Waals surface area contributed by atoms with Crippen LogP contribution in [0.25, 0.3) is 0 Å². The molecule has 0 radical (unpaired) electrons. The molecule has 2 aromatic rings. The van der Waals surface area contributed by atoms with Crippen molar-refractivity contribution < 1.29 is 30.3 Å². The molecule has 0 aromatic heterocycles. The predicted octanol–water partition coefficient (Wildman–Crippen LogP) is 3.98. The van der Waals surface area contributed by atoms with Crippen molar-refractivity contribution in [3.05, 3.63) is 59.2 Å². The second-order valence-electron chi connectivity index (χ2n) is 8.09. The molecular formula is C25H27NO6. The molecule has 0 bridgehead atoms. The van der Waals surface area contributed by atoms with Crippen LogP contribution in [0.1, 0.15) is 61.4 Å². The number of aliphatic carboxylic acids is 1. The van der Waals surface area contributed by atoms with Crippen molar-refractivity contribution >= 4 is 17.8 Å². The Morgan fingerprint density at radius 1 is 1.16 bits per heavy atom. The number of carbonyl (C=O) groups excluding carboxylic acids is 2. The number of benzene rings is 2. The lowest BCUT2D eigenvalue weighted by Gasteiger charge is -2.24. The minimum absolute atomic E-state index is 0.144. The van der Waals surface area contributed by atoms with Gasteiger partial charge in [-0.2, -0.15) is 0 Å². The molecule has 0 atom stereocenters. The minimum Gasteiger partial charge on any atom is -0.493 e. The molecule has 4 rings (SSSR count). The number of amides is 1. The molecule has 1 N–H and O–H groups in total. The summed E-state index contributed by atoms with van der Waals surface area (Å²) in [6.45, 7) is 0.694. The third-order valence-electron chi connectivity index (χ3n) is 5.56. The van der Waals surface area contributed by atoms with E-state index in [1.165, 1.54) is 0 Å². The quantitative estimate of drug-likeness (QED) is 0.324. The highest BCUT2D eigenvalue weighted by atomic mass is 16.5. The Morgan fingerprint density at radius 3 is 2.75 bits per heavy atom. The van der Waals surface area contributed by atoms with Gasteiger partial charge in [0.2, 0.25) is 0 Å². The summed E-state index contributed by atoms with van der Waals surface area (Å²) in [5.74, 6) is -0.242. The lowest BCUT2D eigenvalue weighted by Crippen LogP contribution is -2.32. The van der Waals surface area contributed by atoms with E-state index in [-0.39, 0.29) is 31.3 Å². The Morgan fingerprint density at radius 2 is 1.97 bits per heavy atom. The molecule has 1 amide bonds. The molecular weight excluding hydrogens is 410 g/mol. The fraction of sp³-hybridized carbons (Fsp3) is 0.400. The number of ether oxygens (including phenoxy) is 2. The Hall–Kier alpha value is -3.35. The zero-order valence-corrected chi connectivity index (χ0v) is 17.8. The van der Waals surface area contributed by atoms with Crippen LogP contribution in [-0.2, 0) is 22.6 Å². The second-order valence-corrected chi connectivity index (χ2v) is 8.09. The molecule has 168 valence electrons. The van der Waals surface area contributed by atoms with Gasteiger partial charge in [0.1, 0.15) is 11.5 Å². The second kappa shape index (κ2) is 9.85. The number of carboxylic acids is 1. The highest BCUT2D eigenvalue weighted by Crippen LogP contribution is 2.33. The van der Waals surface area contributed by atoms with Gasteiger partial charge in [0, 0.05) is 35.7 Å². The topological polar surface area (TPSA) is 93.1 Å². The fourth-order valence-electron chi connectivity index (χ4n) is 3.76. The number of carbonyl (C=O) groups is 3. The number of hydrogen-bond acceptors (Lipinski definition) is 5. The van der Waals surface area contributed by atoms with Gasteiger partial charge in [-0.1, -0.05) is 18.2 Å². The first-order valence-corrected chi connectivity index (χ1v) is 10.9. The van der Waals surface area contributed by atoms with Crippen molar-refractivity contribution in [3.63, 3.8) is 0 Å². The van der Waals surface area contributed by atoms with Crippen LogP contribution < -0.4 is 9.47 Å². The lowest BCUT2D eigenvalue weighted by atomic mass is 10.1. The molecule has 1 fully saturated rings. The van der Waals surface area contributed by atoms with E-state index in [0.29, 0.717) is 48.5 Å². The van der Waals surface area contributed by atoms with Crippen LogP contribution in [0.15, 0.2) is 42.5 Å². The molecule has 2 aliphatic rings. The monoisotopic (exact) mass is 438 g/mol. The van der Waals surface area contributed by atoms with Crippen LogP contribution in [0, 0.1) is 0 Å². The molecule has 1 heterocycles. The molecule has 7 nitrogen and oxygen atoms in total. The largest absolute Gasteiger partial charge is 0.493 e. The summed E-state index contributed by atoms with van der Waals surface area (Å²) in [5, 5.41) is 8.72. The Labute approximate surface area is 188 Å². The maximum Gasteiger partial charge on any atom is 0.315 e. The molecule has 1 aliphatic carbocycles. The average Bonchev–Trinajstić information content (AvgIpc) is 3.42. The summed E-state index contributed by atoms with van der Waals surface area (Å²) in [5.41, 5.74) is 1.93. The number of esters is 1. The maximum absolute atomic E-state index is 13.4. The number of unbranched alkanes of at least 4 members (excludes halogenated alkanes) is 2. The van der Waals surface area contributed by atoms with E-state index in [2.05, 4.69) is 0 Å². The van der Waals surface area contributed by atoms with Gasteiger partial charge in [-0.3, -0.25) is 14.4 Å². The molecule has 0 saturated heterocycles. The third-order valence-corrected chi connectivity index (χ3v) is 5.56. The summed E-state index contributed by atoms with van der Waals surface area (Å²) < 4.78 is 19.7. The van der Waals surface area contributed by atoms with Crippen LogP contribution in [-0.4, -0.2) is 40.5 Å². The number of carboxylic acid groups (broad SMARTS) is 1. The van der Waals surface area contributed by atoms with Gasteiger partial charge in [-0.15, -0.1) is 0 Å². The fourth-order valence-corrected chi connectivity index (χ4v) is 3.76. The number of rotatable bonds is 11. The Balaban J connectivity index is 1.45. The van der Waals surface area contributed by atoms with E-state index in [9.17, 15) is 14.4 Å². The van der Waals surface area contributed by atoms with Gasteiger partial charge in [0.15, 0.2) is 0 Å². The molecule has 7 heteroatoms. The Bertz CT molecular complexity index is 1060. The predicted molar refractivity (Wildman–Crippen MR) is 117 cm³/mol. The summed E-state index contributed by atoms with van der Waals surface area (Å²) in [6.07, 6.45) is 3.63. The summed E-state index contributed by atoms with van der Waals surface area (Å²) in [6, 6.07) is 11.5. The molecule has 0 spiro atoms. The van der Waals surface area contributed by atoms with Crippen molar-refractivity contribution in [3.8, 4) is 11.5 Å². The summed E-state index contributed by atoms with van der Waals surface area (Å²) in [7, 11) is 0. The normalized spacial score (nSPS) is 16.0. The summed E-state index contributed by atoms with van der Waals surface area (Å²) >= 11 is 0. The van der Waals surface area contributed by atoms with Crippen LogP contribution >= 0.6 is 0 Å². The van der Waals surface area contributed by atoms with E-state index < -0.39 is 12.0 Å². The molecule has 1 aliphatic heterocycles. The Kier molecular flexibility index (Phi) is 6.32. The third kappa shape index (κ3) is 5.46. The van der Waals surface area contributed by atoms with E-state index in [0.717, 1.165) is 18.4 Å². The van der Waals surface area contributed by atoms with Gasteiger partial charge < -0.3 is 19.5 Å². The first-order valence-electron chi connectivity index (χ1n) is 11.4. The van der Waals surface area contributed by atoms with Crippen LogP contribution in [0.4, 0.5) is 0 Å². The van der Waals surface area contributed by atoms with Gasteiger partial charge in [0.05, 0.1) is 14.4 Å². The van der Waals surface area contributed by atoms with Crippen LogP contribution in [0.5, 0.6) is 11.5 Å². The van der Waals surface area contributed by atoms with Crippen LogP contribution in [0.3, 0.4) is 0 Å². The maximum atomic E-state index is 13.4. The van der Waals surface area contributed by atoms with E-state index in [1.807, 2.05) is 24.3 Å². The standard InChI is InChI=1S/C25H27NO6/c27-23(28)8-2-1-5-13-31-21-7-4-3-6-18(21)16-26(20-10-11-20)25(30)17-9-12-22-19(14-17)15-24(29)32-22/h3-4,6-7,9,12,14,20H,1-2,5,8,10-11,13,15-16H2,(H,27,28)/i20D. The first kappa shape index (κ1) is 20.5. The van der Waals surface area contributed by atoms with E-state index in [1.54, 1.807) is 23.1 Å². The smallest absolute Gasteiger partial charge is 0.315 e. The van der Waals surface area contributed by atoms with Gasteiger partial charge in [-0.05, 0) is 56.4 Å². The zero-order valence-electron chi connectivity index (χ0n) is 18.8. The van der Waals surface area contributed by atoms with Crippen molar-refractivity contribution in [1.29, 1.82) is 0 Å². The van der Waals surface area contributed by atoms with Gasteiger partial charge in [-0.25, -0.2) is 0 Å². The highest BCUT2D eigenvalue weighted by Gasteiger charge is 2.34. The number of para-hydroxylation sites is 1. The number of hydrogen-bond donors (Lipinski definition) is 1. The number of fused-ring (bicyclic) bond motifs is 1. The first-order chi connectivity index (χ1) is 15.9. The summed E-state index contributed by atoms with van der Waals surface area (Å²) in [4.78, 5) is 37.1.